The van der Waals surface area contributed by atoms with E-state index in [0.717, 1.165) is 18.1 Å². The van der Waals surface area contributed by atoms with Crippen molar-refractivity contribution in [3.05, 3.63) is 35.3 Å². The molecule has 0 N–H and O–H groups in total. The largest absolute Gasteiger partial charge is 0.374 e. The first-order valence-electron chi connectivity index (χ1n) is 5.88. The lowest BCUT2D eigenvalue weighted by Gasteiger charge is -2.08. The van der Waals surface area contributed by atoms with E-state index in [1.165, 1.54) is 0 Å². The van der Waals surface area contributed by atoms with Crippen molar-refractivity contribution in [3.8, 4) is 5.82 Å². The Morgan fingerprint density at radius 2 is 2.17 bits per heavy atom. The van der Waals surface area contributed by atoms with E-state index in [0.29, 0.717) is 24.2 Å². The van der Waals surface area contributed by atoms with Gasteiger partial charge >= 0.3 is 0 Å². The molecule has 0 radical (unpaired) electrons. The molecule has 2 rings (SSSR count). The standard InChI is InChI=1S/C12H15ClN4O/c1-3-11-14-5-6-17(11)12-7-9(13)15-10(16-12)8-18-4-2/h5-7H,3-4,8H2,1-2H3. The maximum atomic E-state index is 6.00. The van der Waals surface area contributed by atoms with Crippen LogP contribution in [0.25, 0.3) is 5.82 Å². The highest BCUT2D eigenvalue weighted by Gasteiger charge is 2.08. The van der Waals surface area contributed by atoms with Gasteiger partial charge < -0.3 is 4.74 Å². The van der Waals surface area contributed by atoms with Gasteiger partial charge in [-0.1, -0.05) is 18.5 Å². The van der Waals surface area contributed by atoms with Crippen molar-refractivity contribution in [1.29, 1.82) is 0 Å². The lowest BCUT2D eigenvalue weighted by Crippen LogP contribution is -2.06. The molecule has 0 aromatic carbocycles. The van der Waals surface area contributed by atoms with Crippen LogP contribution in [0.15, 0.2) is 18.5 Å². The zero-order valence-corrected chi connectivity index (χ0v) is 11.2. The Morgan fingerprint density at radius 1 is 1.33 bits per heavy atom. The summed E-state index contributed by atoms with van der Waals surface area (Å²) < 4.78 is 7.20. The van der Waals surface area contributed by atoms with Crippen molar-refractivity contribution in [2.24, 2.45) is 0 Å². The minimum atomic E-state index is 0.361. The molecule has 0 atom stereocenters. The number of aromatic nitrogens is 4. The van der Waals surface area contributed by atoms with E-state index < -0.39 is 0 Å². The van der Waals surface area contributed by atoms with Crippen LogP contribution >= 0.6 is 11.6 Å². The van der Waals surface area contributed by atoms with E-state index in [1.807, 2.05) is 24.6 Å². The fourth-order valence-corrected chi connectivity index (χ4v) is 1.83. The maximum Gasteiger partial charge on any atom is 0.158 e. The first-order chi connectivity index (χ1) is 8.74. The van der Waals surface area contributed by atoms with Crippen LogP contribution in [0.5, 0.6) is 0 Å². The summed E-state index contributed by atoms with van der Waals surface area (Å²) in [7, 11) is 0. The number of aryl methyl sites for hydroxylation is 1. The Balaban J connectivity index is 2.35. The van der Waals surface area contributed by atoms with Crippen molar-refractivity contribution >= 4 is 11.6 Å². The third-order valence-electron chi connectivity index (χ3n) is 2.44. The lowest BCUT2D eigenvalue weighted by atomic mass is 10.4. The van der Waals surface area contributed by atoms with Gasteiger partial charge in [0, 0.05) is 31.5 Å². The van der Waals surface area contributed by atoms with Crippen molar-refractivity contribution in [2.75, 3.05) is 6.61 Å². The van der Waals surface area contributed by atoms with Crippen LogP contribution in [-0.2, 0) is 17.8 Å². The van der Waals surface area contributed by atoms with Crippen molar-refractivity contribution in [3.63, 3.8) is 0 Å². The summed E-state index contributed by atoms with van der Waals surface area (Å²) in [5, 5.41) is 0.408. The molecule has 2 heterocycles. The SMILES string of the molecule is CCOCc1nc(Cl)cc(-n2ccnc2CC)n1. The smallest absolute Gasteiger partial charge is 0.158 e. The zero-order chi connectivity index (χ0) is 13.0. The van der Waals surface area contributed by atoms with Gasteiger partial charge in [0.15, 0.2) is 5.82 Å². The molecule has 6 heteroatoms. The van der Waals surface area contributed by atoms with Crippen molar-refractivity contribution in [2.45, 2.75) is 26.9 Å². The van der Waals surface area contributed by atoms with Crippen LogP contribution in [0, 0.1) is 0 Å². The van der Waals surface area contributed by atoms with Crippen LogP contribution < -0.4 is 0 Å². The van der Waals surface area contributed by atoms with E-state index in [-0.39, 0.29) is 0 Å². The number of hydrogen-bond acceptors (Lipinski definition) is 4. The van der Waals surface area contributed by atoms with Gasteiger partial charge in [-0.05, 0) is 6.92 Å². The summed E-state index contributed by atoms with van der Waals surface area (Å²) in [6.45, 7) is 4.95. The highest BCUT2D eigenvalue weighted by molar-refractivity contribution is 6.29. The van der Waals surface area contributed by atoms with Crippen molar-refractivity contribution < 1.29 is 4.74 Å². The Labute approximate surface area is 111 Å². The highest BCUT2D eigenvalue weighted by Crippen LogP contribution is 2.14. The topological polar surface area (TPSA) is 52.8 Å². The molecule has 0 spiro atoms. The molecule has 0 bridgehead atoms. The van der Waals surface area contributed by atoms with Gasteiger partial charge in [0.25, 0.3) is 0 Å². The Kier molecular flexibility index (Phi) is 4.28. The first-order valence-corrected chi connectivity index (χ1v) is 6.26. The van der Waals surface area contributed by atoms with E-state index >= 15 is 0 Å². The summed E-state index contributed by atoms with van der Waals surface area (Å²) in [6, 6.07) is 1.72. The molecule has 2 aromatic heterocycles. The third kappa shape index (κ3) is 2.86. The number of imidazole rings is 1. The van der Waals surface area contributed by atoms with E-state index in [4.69, 9.17) is 16.3 Å². The number of halogens is 1. The van der Waals surface area contributed by atoms with Crippen LogP contribution in [0.1, 0.15) is 25.5 Å². The van der Waals surface area contributed by atoms with Gasteiger partial charge in [0.05, 0.1) is 0 Å². The average Bonchev–Trinajstić information content (AvgIpc) is 2.84. The second kappa shape index (κ2) is 5.93. The molecule has 0 aliphatic rings. The maximum absolute atomic E-state index is 6.00. The minimum Gasteiger partial charge on any atom is -0.374 e. The quantitative estimate of drug-likeness (QED) is 0.780. The second-order valence-corrected chi connectivity index (χ2v) is 4.06. The summed E-state index contributed by atoms with van der Waals surface area (Å²) in [5.74, 6) is 2.24. The van der Waals surface area contributed by atoms with Crippen molar-refractivity contribution in [1.82, 2.24) is 19.5 Å². The Morgan fingerprint density at radius 3 is 2.89 bits per heavy atom. The normalized spacial score (nSPS) is 10.8. The van der Waals surface area contributed by atoms with Gasteiger partial charge in [0.2, 0.25) is 0 Å². The Hall–Kier alpha value is -1.46. The predicted octanol–water partition coefficient (Wildman–Crippen LogP) is 2.41. The molecule has 0 aliphatic carbocycles. The second-order valence-electron chi connectivity index (χ2n) is 3.67. The summed E-state index contributed by atoms with van der Waals surface area (Å²) >= 11 is 6.00. The van der Waals surface area contributed by atoms with Gasteiger partial charge in [-0.25, -0.2) is 15.0 Å². The first kappa shape index (κ1) is 13.0. The molecule has 0 fully saturated rings. The molecule has 5 nitrogen and oxygen atoms in total. The van der Waals surface area contributed by atoms with E-state index in [1.54, 1.807) is 12.3 Å². The zero-order valence-electron chi connectivity index (χ0n) is 10.4. The molecule has 0 saturated carbocycles. The van der Waals surface area contributed by atoms with Gasteiger partial charge in [-0.15, -0.1) is 0 Å². The van der Waals surface area contributed by atoms with Gasteiger partial charge in [-0.2, -0.15) is 0 Å². The van der Waals surface area contributed by atoms with Crippen LogP contribution in [0.4, 0.5) is 0 Å². The molecule has 96 valence electrons. The monoisotopic (exact) mass is 266 g/mol. The molecular formula is C12H15ClN4O. The molecule has 0 aliphatic heterocycles. The number of nitrogens with zero attached hydrogens (tertiary/aromatic N) is 4. The van der Waals surface area contributed by atoms with Crippen LogP contribution in [0.3, 0.4) is 0 Å². The molecule has 0 amide bonds. The minimum absolute atomic E-state index is 0.361. The molecule has 2 aromatic rings. The Bertz CT molecular complexity index is 527. The van der Waals surface area contributed by atoms with Gasteiger partial charge in [0.1, 0.15) is 23.4 Å². The molecule has 0 unspecified atom stereocenters. The molecule has 18 heavy (non-hydrogen) atoms. The number of hydrogen-bond donors (Lipinski definition) is 0. The van der Waals surface area contributed by atoms with Gasteiger partial charge in [-0.3, -0.25) is 4.57 Å². The fraction of sp³-hybridized carbons (Fsp3) is 0.417. The number of rotatable bonds is 5. The van der Waals surface area contributed by atoms with E-state index in [2.05, 4.69) is 15.0 Å². The summed E-state index contributed by atoms with van der Waals surface area (Å²) in [4.78, 5) is 12.8. The molecule has 0 saturated heterocycles. The van der Waals surface area contributed by atoms with Crippen LogP contribution in [-0.4, -0.2) is 26.1 Å². The third-order valence-corrected chi connectivity index (χ3v) is 2.64. The van der Waals surface area contributed by atoms with E-state index in [9.17, 15) is 0 Å². The number of ether oxygens (including phenoxy) is 1. The lowest BCUT2D eigenvalue weighted by molar-refractivity contribution is 0.128. The predicted molar refractivity (Wildman–Crippen MR) is 68.9 cm³/mol. The highest BCUT2D eigenvalue weighted by atomic mass is 35.5. The van der Waals surface area contributed by atoms with Crippen LogP contribution in [0.2, 0.25) is 5.15 Å². The molecular weight excluding hydrogens is 252 g/mol. The summed E-state index contributed by atoms with van der Waals surface area (Å²) in [5.41, 5.74) is 0. The fourth-order valence-electron chi connectivity index (χ4n) is 1.64. The summed E-state index contributed by atoms with van der Waals surface area (Å²) in [6.07, 6.45) is 4.44. The average molecular weight is 267 g/mol.